The number of hydrogen-bond acceptors (Lipinski definition) is 3. The molecule has 0 aliphatic rings. The van der Waals surface area contributed by atoms with Crippen LogP contribution in [-0.2, 0) is 4.79 Å². The Hall–Kier alpha value is -2.01. The van der Waals surface area contributed by atoms with Crippen LogP contribution in [0.4, 0.5) is 11.4 Å². The molecule has 1 aromatic heterocycles. The maximum Gasteiger partial charge on any atom is 0.248 e. The van der Waals surface area contributed by atoms with Crippen LogP contribution < -0.4 is 11.1 Å². The first-order chi connectivity index (χ1) is 9.38. The van der Waals surface area contributed by atoms with Crippen LogP contribution >= 0.6 is 11.6 Å². The van der Waals surface area contributed by atoms with Gasteiger partial charge < -0.3 is 11.1 Å². The van der Waals surface area contributed by atoms with E-state index in [9.17, 15) is 4.79 Å². The molecule has 0 saturated heterocycles. The molecule has 0 saturated carbocycles. The molecule has 0 aliphatic heterocycles. The Morgan fingerprint density at radius 3 is 2.75 bits per heavy atom. The van der Waals surface area contributed by atoms with E-state index in [0.29, 0.717) is 22.1 Å². The zero-order chi connectivity index (χ0) is 14.9. The van der Waals surface area contributed by atoms with E-state index < -0.39 is 6.04 Å². The standard InChI is InChI=1S/C14H17ClN4O/c1-8-4-5-11(16)6-13(8)17-14(20)10(3)19-7-12(15)9(2)18-19/h4-7,10H,16H2,1-3H3,(H,17,20). The topological polar surface area (TPSA) is 72.9 Å². The number of carbonyl (C=O) groups excluding carboxylic acids is 1. The highest BCUT2D eigenvalue weighted by molar-refractivity contribution is 6.31. The van der Waals surface area contributed by atoms with Gasteiger partial charge in [0.05, 0.1) is 10.7 Å². The number of rotatable bonds is 3. The monoisotopic (exact) mass is 292 g/mol. The summed E-state index contributed by atoms with van der Waals surface area (Å²) < 4.78 is 1.55. The Balaban J connectivity index is 2.17. The first kappa shape index (κ1) is 14.4. The molecule has 0 bridgehead atoms. The average molecular weight is 293 g/mol. The van der Waals surface area contributed by atoms with Crippen molar-refractivity contribution in [1.82, 2.24) is 9.78 Å². The lowest BCUT2D eigenvalue weighted by Gasteiger charge is -2.14. The van der Waals surface area contributed by atoms with Crippen molar-refractivity contribution in [2.24, 2.45) is 0 Å². The normalized spacial score (nSPS) is 12.2. The third-order valence-electron chi connectivity index (χ3n) is 3.15. The van der Waals surface area contributed by atoms with Crippen molar-refractivity contribution in [1.29, 1.82) is 0 Å². The Labute approximate surface area is 122 Å². The lowest BCUT2D eigenvalue weighted by Crippen LogP contribution is -2.24. The van der Waals surface area contributed by atoms with E-state index in [1.807, 2.05) is 13.0 Å². The summed E-state index contributed by atoms with van der Waals surface area (Å²) in [5.41, 5.74) is 8.69. The molecule has 0 radical (unpaired) electrons. The highest BCUT2D eigenvalue weighted by atomic mass is 35.5. The fraction of sp³-hybridized carbons (Fsp3) is 0.286. The summed E-state index contributed by atoms with van der Waals surface area (Å²) >= 11 is 5.95. The van der Waals surface area contributed by atoms with Gasteiger partial charge >= 0.3 is 0 Å². The minimum absolute atomic E-state index is 0.169. The van der Waals surface area contributed by atoms with Crippen molar-refractivity contribution < 1.29 is 4.79 Å². The van der Waals surface area contributed by atoms with Gasteiger partial charge in [-0.2, -0.15) is 5.10 Å². The van der Waals surface area contributed by atoms with Crippen LogP contribution in [-0.4, -0.2) is 15.7 Å². The SMILES string of the molecule is Cc1ccc(N)cc1NC(=O)C(C)n1cc(Cl)c(C)n1. The Morgan fingerprint density at radius 1 is 1.45 bits per heavy atom. The number of amides is 1. The molecule has 2 rings (SSSR count). The lowest BCUT2D eigenvalue weighted by molar-refractivity contribution is -0.119. The number of aryl methyl sites for hydroxylation is 2. The first-order valence-corrected chi connectivity index (χ1v) is 6.64. The first-order valence-electron chi connectivity index (χ1n) is 6.26. The number of halogens is 1. The fourth-order valence-electron chi connectivity index (χ4n) is 1.79. The molecule has 106 valence electrons. The summed E-state index contributed by atoms with van der Waals surface area (Å²) in [6.45, 7) is 5.47. The summed E-state index contributed by atoms with van der Waals surface area (Å²) in [6, 6.07) is 4.94. The fourth-order valence-corrected chi connectivity index (χ4v) is 1.93. The molecule has 3 N–H and O–H groups in total. The Bertz CT molecular complexity index is 631. The summed E-state index contributed by atoms with van der Waals surface area (Å²) in [6.07, 6.45) is 1.65. The number of nitrogens with zero attached hydrogens (tertiary/aromatic N) is 2. The highest BCUT2D eigenvalue weighted by Gasteiger charge is 2.18. The molecule has 6 heteroatoms. The summed E-state index contributed by atoms with van der Waals surface area (Å²) in [7, 11) is 0. The quantitative estimate of drug-likeness (QED) is 0.854. The number of benzene rings is 1. The van der Waals surface area contributed by atoms with E-state index in [2.05, 4.69) is 10.4 Å². The number of nitrogens with two attached hydrogens (primary N) is 1. The van der Waals surface area contributed by atoms with Crippen molar-refractivity contribution >= 4 is 28.9 Å². The van der Waals surface area contributed by atoms with E-state index in [4.69, 9.17) is 17.3 Å². The third-order valence-corrected chi connectivity index (χ3v) is 3.52. The van der Waals surface area contributed by atoms with Crippen LogP contribution in [0.15, 0.2) is 24.4 Å². The zero-order valence-electron chi connectivity index (χ0n) is 11.6. The molecule has 20 heavy (non-hydrogen) atoms. The molecule has 0 spiro atoms. The maximum absolute atomic E-state index is 12.2. The van der Waals surface area contributed by atoms with Gasteiger partial charge in [0.2, 0.25) is 5.91 Å². The van der Waals surface area contributed by atoms with Gasteiger partial charge in [-0.05, 0) is 38.5 Å². The van der Waals surface area contributed by atoms with Gasteiger partial charge in [-0.15, -0.1) is 0 Å². The number of anilines is 2. The van der Waals surface area contributed by atoms with Crippen molar-refractivity contribution in [3.8, 4) is 0 Å². The number of nitrogens with one attached hydrogen (secondary N) is 1. The van der Waals surface area contributed by atoms with Crippen LogP contribution in [0.25, 0.3) is 0 Å². The molecular formula is C14H17ClN4O. The van der Waals surface area contributed by atoms with E-state index in [-0.39, 0.29) is 5.91 Å². The van der Waals surface area contributed by atoms with Crippen LogP contribution in [0.3, 0.4) is 0 Å². The zero-order valence-corrected chi connectivity index (χ0v) is 12.4. The van der Waals surface area contributed by atoms with Crippen molar-refractivity contribution in [3.63, 3.8) is 0 Å². The Morgan fingerprint density at radius 2 is 2.15 bits per heavy atom. The lowest BCUT2D eigenvalue weighted by atomic mass is 10.1. The molecule has 1 aromatic carbocycles. The second-order valence-electron chi connectivity index (χ2n) is 4.78. The van der Waals surface area contributed by atoms with Gasteiger partial charge in [-0.3, -0.25) is 9.48 Å². The van der Waals surface area contributed by atoms with Gasteiger partial charge in [0.25, 0.3) is 0 Å². The van der Waals surface area contributed by atoms with Crippen LogP contribution in [0.5, 0.6) is 0 Å². The molecule has 1 heterocycles. The maximum atomic E-state index is 12.2. The van der Waals surface area contributed by atoms with Crippen molar-refractivity contribution in [2.45, 2.75) is 26.8 Å². The minimum Gasteiger partial charge on any atom is -0.399 e. The molecular weight excluding hydrogens is 276 g/mol. The van der Waals surface area contributed by atoms with E-state index in [0.717, 1.165) is 5.56 Å². The van der Waals surface area contributed by atoms with Crippen LogP contribution in [0.2, 0.25) is 5.02 Å². The van der Waals surface area contributed by atoms with Gasteiger partial charge in [0, 0.05) is 17.6 Å². The van der Waals surface area contributed by atoms with Gasteiger partial charge in [0.1, 0.15) is 6.04 Å². The van der Waals surface area contributed by atoms with E-state index >= 15 is 0 Å². The van der Waals surface area contributed by atoms with E-state index in [1.165, 1.54) is 0 Å². The number of aromatic nitrogens is 2. The predicted molar refractivity (Wildman–Crippen MR) is 80.9 cm³/mol. The largest absolute Gasteiger partial charge is 0.399 e. The van der Waals surface area contributed by atoms with E-state index in [1.54, 1.807) is 36.9 Å². The predicted octanol–water partition coefficient (Wildman–Crippen LogP) is 2.94. The molecule has 1 atom stereocenters. The molecule has 0 fully saturated rings. The smallest absolute Gasteiger partial charge is 0.248 e. The van der Waals surface area contributed by atoms with Gasteiger partial charge in [-0.1, -0.05) is 17.7 Å². The van der Waals surface area contributed by atoms with Crippen LogP contribution in [0.1, 0.15) is 24.2 Å². The molecule has 0 aliphatic carbocycles. The second kappa shape index (κ2) is 5.54. The van der Waals surface area contributed by atoms with Crippen LogP contribution in [0, 0.1) is 13.8 Å². The average Bonchev–Trinajstić information content (AvgIpc) is 2.73. The Kier molecular flexibility index (Phi) is 3.99. The number of hydrogen-bond donors (Lipinski definition) is 2. The van der Waals surface area contributed by atoms with Crippen molar-refractivity contribution in [2.75, 3.05) is 11.1 Å². The second-order valence-corrected chi connectivity index (χ2v) is 5.19. The third kappa shape index (κ3) is 2.93. The van der Waals surface area contributed by atoms with Gasteiger partial charge in [-0.25, -0.2) is 0 Å². The summed E-state index contributed by atoms with van der Waals surface area (Å²) in [4.78, 5) is 12.2. The highest BCUT2D eigenvalue weighted by Crippen LogP contribution is 2.21. The molecule has 1 unspecified atom stereocenters. The van der Waals surface area contributed by atoms with Crippen molar-refractivity contribution in [3.05, 3.63) is 40.7 Å². The molecule has 1 amide bonds. The van der Waals surface area contributed by atoms with Gasteiger partial charge in [0.15, 0.2) is 0 Å². The number of carbonyl (C=O) groups is 1. The molecule has 2 aromatic rings. The summed E-state index contributed by atoms with van der Waals surface area (Å²) in [5.74, 6) is -0.169. The summed E-state index contributed by atoms with van der Waals surface area (Å²) in [5, 5.41) is 7.61. The number of nitrogen functional groups attached to an aromatic ring is 1. The minimum atomic E-state index is -0.456. The molecule has 5 nitrogen and oxygen atoms in total.